The largest absolute Gasteiger partial charge is 0.496 e. The average molecular weight is 429 g/mol. The third-order valence-electron chi connectivity index (χ3n) is 5.19. The summed E-state index contributed by atoms with van der Waals surface area (Å²) in [5.74, 6) is 3.89. The molecule has 3 rings (SSSR count). The van der Waals surface area contributed by atoms with E-state index in [1.807, 2.05) is 18.2 Å². The molecular formula is C22H32N6O3. The van der Waals surface area contributed by atoms with Crippen LogP contribution in [0.3, 0.4) is 0 Å². The van der Waals surface area contributed by atoms with E-state index in [1.54, 1.807) is 33.7 Å². The van der Waals surface area contributed by atoms with Crippen LogP contribution in [-0.4, -0.2) is 81.4 Å². The number of hydrogen-bond acceptors (Lipinski definition) is 7. The maximum Gasteiger partial charge on any atom is 0.225 e. The SMILES string of the molecule is CCNC(=NCCc1c(OC)cc(OC)cc1OC)N1CCN(c2ncccn2)CC1. The van der Waals surface area contributed by atoms with Crippen LogP contribution in [0.4, 0.5) is 5.95 Å². The van der Waals surface area contributed by atoms with Crippen molar-refractivity contribution >= 4 is 11.9 Å². The number of hydrogen-bond donors (Lipinski definition) is 1. The van der Waals surface area contributed by atoms with Crippen LogP contribution >= 0.6 is 0 Å². The molecule has 0 atom stereocenters. The third-order valence-corrected chi connectivity index (χ3v) is 5.19. The topological polar surface area (TPSA) is 84.3 Å². The zero-order chi connectivity index (χ0) is 22.1. The number of methoxy groups -OCH3 is 3. The van der Waals surface area contributed by atoms with Gasteiger partial charge in [0.15, 0.2) is 5.96 Å². The van der Waals surface area contributed by atoms with E-state index in [4.69, 9.17) is 19.2 Å². The first-order chi connectivity index (χ1) is 15.2. The summed E-state index contributed by atoms with van der Waals surface area (Å²) in [6.45, 7) is 6.94. The molecule has 2 aromatic rings. The first-order valence-electron chi connectivity index (χ1n) is 10.5. The number of anilines is 1. The van der Waals surface area contributed by atoms with E-state index in [0.717, 1.165) is 61.7 Å². The Bertz CT molecular complexity index is 829. The highest BCUT2D eigenvalue weighted by Gasteiger charge is 2.21. The average Bonchev–Trinajstić information content (AvgIpc) is 2.84. The van der Waals surface area contributed by atoms with E-state index in [2.05, 4.69) is 32.0 Å². The van der Waals surface area contributed by atoms with Crippen molar-refractivity contribution in [3.05, 3.63) is 36.2 Å². The van der Waals surface area contributed by atoms with Crippen LogP contribution in [0.2, 0.25) is 0 Å². The molecule has 1 aliphatic rings. The van der Waals surface area contributed by atoms with Crippen molar-refractivity contribution in [2.45, 2.75) is 13.3 Å². The van der Waals surface area contributed by atoms with Crippen molar-refractivity contribution in [3.8, 4) is 17.2 Å². The van der Waals surface area contributed by atoms with E-state index >= 15 is 0 Å². The standard InChI is InChI=1S/C22H32N6O3/c1-5-23-21(27-11-13-28(14-12-27)22-24-8-6-9-25-22)26-10-7-18-19(30-3)15-17(29-2)16-20(18)31-4/h6,8-9,15-16H,5,7,10-14H2,1-4H3,(H,23,26). The van der Waals surface area contributed by atoms with Crippen molar-refractivity contribution in [3.63, 3.8) is 0 Å². The van der Waals surface area contributed by atoms with Gasteiger partial charge in [-0.25, -0.2) is 9.97 Å². The van der Waals surface area contributed by atoms with E-state index in [0.29, 0.717) is 18.7 Å². The van der Waals surface area contributed by atoms with Crippen LogP contribution in [0.1, 0.15) is 12.5 Å². The highest BCUT2D eigenvalue weighted by Crippen LogP contribution is 2.34. The monoisotopic (exact) mass is 428 g/mol. The van der Waals surface area contributed by atoms with Crippen LogP contribution < -0.4 is 24.4 Å². The minimum absolute atomic E-state index is 0.614. The summed E-state index contributed by atoms with van der Waals surface area (Å²) in [4.78, 5) is 18.1. The zero-order valence-electron chi connectivity index (χ0n) is 18.8. The zero-order valence-corrected chi connectivity index (χ0v) is 18.8. The molecule has 1 aromatic heterocycles. The van der Waals surface area contributed by atoms with Gasteiger partial charge < -0.3 is 29.3 Å². The Morgan fingerprint density at radius 2 is 1.65 bits per heavy atom. The summed E-state index contributed by atoms with van der Waals surface area (Å²) in [6.07, 6.45) is 4.26. The highest BCUT2D eigenvalue weighted by atomic mass is 16.5. The summed E-state index contributed by atoms with van der Waals surface area (Å²) in [6, 6.07) is 5.58. The molecule has 1 fully saturated rings. The summed E-state index contributed by atoms with van der Waals surface area (Å²) in [5.41, 5.74) is 0.983. The Morgan fingerprint density at radius 3 is 2.19 bits per heavy atom. The maximum atomic E-state index is 5.55. The number of aliphatic imine (C=N–C) groups is 1. The summed E-state index contributed by atoms with van der Waals surface area (Å²) in [5, 5.41) is 3.41. The van der Waals surface area contributed by atoms with Crippen molar-refractivity contribution in [1.29, 1.82) is 0 Å². The molecule has 0 saturated carbocycles. The normalized spacial score (nSPS) is 14.4. The maximum absolute atomic E-state index is 5.55. The number of aromatic nitrogens is 2. The van der Waals surface area contributed by atoms with E-state index in [1.165, 1.54) is 0 Å². The van der Waals surface area contributed by atoms with Gasteiger partial charge in [-0.05, 0) is 19.4 Å². The number of guanidine groups is 1. The predicted molar refractivity (Wildman–Crippen MR) is 122 cm³/mol. The minimum Gasteiger partial charge on any atom is -0.496 e. The van der Waals surface area contributed by atoms with Crippen molar-refractivity contribution in [1.82, 2.24) is 20.2 Å². The Balaban J connectivity index is 1.66. The second kappa shape index (κ2) is 11.2. The fourth-order valence-corrected chi connectivity index (χ4v) is 3.60. The van der Waals surface area contributed by atoms with Crippen LogP contribution in [0.25, 0.3) is 0 Å². The van der Waals surface area contributed by atoms with Gasteiger partial charge in [-0.3, -0.25) is 4.99 Å². The van der Waals surface area contributed by atoms with Gasteiger partial charge in [0.25, 0.3) is 0 Å². The molecule has 0 bridgehead atoms. The molecule has 1 N–H and O–H groups in total. The summed E-state index contributed by atoms with van der Waals surface area (Å²) in [7, 11) is 4.94. The molecule has 9 nitrogen and oxygen atoms in total. The second-order valence-corrected chi connectivity index (χ2v) is 7.02. The lowest BCUT2D eigenvalue weighted by atomic mass is 10.1. The van der Waals surface area contributed by atoms with Gasteiger partial charge in [-0.15, -0.1) is 0 Å². The van der Waals surface area contributed by atoms with Gasteiger partial charge >= 0.3 is 0 Å². The van der Waals surface area contributed by atoms with Crippen molar-refractivity contribution in [2.75, 3.05) is 65.5 Å². The number of nitrogens with zero attached hydrogens (tertiary/aromatic N) is 5. The van der Waals surface area contributed by atoms with Crippen LogP contribution in [0.5, 0.6) is 17.2 Å². The van der Waals surface area contributed by atoms with Gasteiger partial charge in [0.2, 0.25) is 5.95 Å². The molecule has 1 aromatic carbocycles. The lowest BCUT2D eigenvalue weighted by Gasteiger charge is -2.36. The van der Waals surface area contributed by atoms with Crippen molar-refractivity contribution in [2.24, 2.45) is 4.99 Å². The fraction of sp³-hybridized carbons (Fsp3) is 0.500. The number of rotatable bonds is 8. The molecule has 0 radical (unpaired) electrons. The van der Waals surface area contributed by atoms with E-state index in [-0.39, 0.29) is 0 Å². The number of ether oxygens (including phenoxy) is 3. The quantitative estimate of drug-likeness (QED) is 0.504. The smallest absolute Gasteiger partial charge is 0.225 e. The molecule has 31 heavy (non-hydrogen) atoms. The lowest BCUT2D eigenvalue weighted by Crippen LogP contribution is -2.53. The summed E-state index contributed by atoms with van der Waals surface area (Å²) < 4.78 is 16.4. The number of benzene rings is 1. The molecule has 1 saturated heterocycles. The lowest BCUT2D eigenvalue weighted by molar-refractivity contribution is 0.366. The molecule has 9 heteroatoms. The minimum atomic E-state index is 0.614. The first kappa shape index (κ1) is 22.5. The molecule has 168 valence electrons. The van der Waals surface area contributed by atoms with Crippen LogP contribution in [-0.2, 0) is 6.42 Å². The van der Waals surface area contributed by atoms with Crippen molar-refractivity contribution < 1.29 is 14.2 Å². The van der Waals surface area contributed by atoms with Crippen LogP contribution in [0.15, 0.2) is 35.6 Å². The van der Waals surface area contributed by atoms with Gasteiger partial charge in [0.1, 0.15) is 17.2 Å². The molecular weight excluding hydrogens is 396 g/mol. The van der Waals surface area contributed by atoms with Gasteiger partial charge in [0.05, 0.1) is 21.3 Å². The second-order valence-electron chi connectivity index (χ2n) is 7.02. The van der Waals surface area contributed by atoms with E-state index < -0.39 is 0 Å². The van der Waals surface area contributed by atoms with Gasteiger partial charge in [-0.2, -0.15) is 0 Å². The Morgan fingerprint density at radius 1 is 1.00 bits per heavy atom. The predicted octanol–water partition coefficient (Wildman–Crippen LogP) is 1.83. The molecule has 0 aliphatic carbocycles. The van der Waals surface area contributed by atoms with Gasteiger partial charge in [-0.1, -0.05) is 0 Å². The molecule has 0 unspecified atom stereocenters. The Labute approximate surface area is 184 Å². The number of nitrogens with one attached hydrogen (secondary N) is 1. The molecule has 0 amide bonds. The molecule has 0 spiro atoms. The highest BCUT2D eigenvalue weighted by molar-refractivity contribution is 5.80. The van der Waals surface area contributed by atoms with E-state index in [9.17, 15) is 0 Å². The summed E-state index contributed by atoms with van der Waals surface area (Å²) >= 11 is 0. The molecule has 1 aliphatic heterocycles. The fourth-order valence-electron chi connectivity index (χ4n) is 3.60. The van der Waals surface area contributed by atoms with Crippen LogP contribution in [0, 0.1) is 0 Å². The van der Waals surface area contributed by atoms with Gasteiger partial charge in [0, 0.05) is 69.4 Å². The Hall–Kier alpha value is -3.23. The number of piperazine rings is 1. The molecule has 2 heterocycles. The third kappa shape index (κ3) is 5.68. The first-order valence-corrected chi connectivity index (χ1v) is 10.5. The Kier molecular flexibility index (Phi) is 8.14.